The first-order valence-corrected chi connectivity index (χ1v) is 12.4. The second-order valence-corrected chi connectivity index (χ2v) is 12.1. The van der Waals surface area contributed by atoms with E-state index in [1.165, 1.54) is 31.2 Å². The summed E-state index contributed by atoms with van der Waals surface area (Å²) in [5, 5.41) is 11.8. The van der Waals surface area contributed by atoms with Crippen LogP contribution in [0, 0.1) is 39.3 Å². The fraction of sp³-hybridized carbons (Fsp3) is 0.720. The van der Waals surface area contributed by atoms with Crippen molar-refractivity contribution in [1.29, 1.82) is 0 Å². The fourth-order valence-electron chi connectivity index (χ4n) is 8.53. The second kappa shape index (κ2) is 6.28. The zero-order chi connectivity index (χ0) is 21.8. The standard InChI is InChI=1S/C25H33N3O2S/c1-23-12-13-10-16-20(27-22(31)28-21(16)29)26-19(13)11-14(23)4-5-15-17(23)6-8-24(2)18(15)7-9-25(24,3)30/h10,14-15,17-18,30H,4-9,11-12H2,1-3H3,(H2,26,27,28,29,31)/t14-,15?,17?,18?,23-,24-,25-/m0/s1. The first kappa shape index (κ1) is 20.1. The van der Waals surface area contributed by atoms with E-state index in [1.807, 2.05) is 0 Å². The number of H-pyrrole nitrogens is 2. The quantitative estimate of drug-likeness (QED) is 0.520. The minimum absolute atomic E-state index is 0.0622. The molecule has 3 fully saturated rings. The van der Waals surface area contributed by atoms with Gasteiger partial charge in [-0.05, 0) is 117 Å². The van der Waals surface area contributed by atoms with Gasteiger partial charge in [0.25, 0.3) is 5.56 Å². The van der Waals surface area contributed by atoms with Gasteiger partial charge in [-0.15, -0.1) is 0 Å². The molecule has 2 heterocycles. The Morgan fingerprint density at radius 3 is 2.68 bits per heavy atom. The zero-order valence-electron chi connectivity index (χ0n) is 18.8. The summed E-state index contributed by atoms with van der Waals surface area (Å²) >= 11 is 5.15. The molecule has 0 aromatic carbocycles. The Kier molecular flexibility index (Phi) is 4.08. The number of rotatable bonds is 0. The lowest BCUT2D eigenvalue weighted by Gasteiger charge is -2.61. The Balaban J connectivity index is 1.40. The molecule has 5 nitrogen and oxygen atoms in total. The van der Waals surface area contributed by atoms with Crippen LogP contribution < -0.4 is 5.56 Å². The summed E-state index contributed by atoms with van der Waals surface area (Å²) < 4.78 is 0.337. The van der Waals surface area contributed by atoms with Gasteiger partial charge in [0.1, 0.15) is 5.65 Å². The number of nitrogens with one attached hydrogen (secondary N) is 2. The third-order valence-electron chi connectivity index (χ3n) is 10.5. The maximum absolute atomic E-state index is 12.5. The molecule has 0 radical (unpaired) electrons. The van der Waals surface area contributed by atoms with Crippen molar-refractivity contribution >= 4 is 23.3 Å². The molecule has 3 saturated carbocycles. The number of aromatic amines is 2. The second-order valence-electron chi connectivity index (χ2n) is 11.7. The van der Waals surface area contributed by atoms with Crippen LogP contribution in [0.3, 0.4) is 0 Å². The molecule has 4 aliphatic rings. The number of aromatic nitrogens is 3. The third-order valence-corrected chi connectivity index (χ3v) is 10.7. The van der Waals surface area contributed by atoms with Crippen molar-refractivity contribution in [2.75, 3.05) is 0 Å². The van der Waals surface area contributed by atoms with E-state index < -0.39 is 5.60 Å². The van der Waals surface area contributed by atoms with Gasteiger partial charge in [-0.3, -0.25) is 9.78 Å². The molecule has 0 saturated heterocycles. The molecule has 166 valence electrons. The molecule has 7 atom stereocenters. The number of hydrogen-bond acceptors (Lipinski definition) is 4. The van der Waals surface area contributed by atoms with Crippen molar-refractivity contribution in [2.24, 2.45) is 34.5 Å². The van der Waals surface area contributed by atoms with Crippen LogP contribution in [0.4, 0.5) is 0 Å². The summed E-state index contributed by atoms with van der Waals surface area (Å²) in [6.07, 6.45) is 8.99. The van der Waals surface area contributed by atoms with Gasteiger partial charge < -0.3 is 10.1 Å². The summed E-state index contributed by atoms with van der Waals surface area (Å²) in [4.78, 5) is 23.1. The van der Waals surface area contributed by atoms with Crippen molar-refractivity contribution in [3.05, 3.63) is 32.4 Å². The maximum atomic E-state index is 12.5. The minimum atomic E-state index is -0.524. The van der Waals surface area contributed by atoms with Gasteiger partial charge in [0.15, 0.2) is 4.77 Å². The van der Waals surface area contributed by atoms with Crippen LogP contribution in [-0.2, 0) is 12.8 Å². The van der Waals surface area contributed by atoms with Crippen LogP contribution in [-0.4, -0.2) is 25.7 Å². The first-order chi connectivity index (χ1) is 14.6. The van der Waals surface area contributed by atoms with Gasteiger partial charge in [-0.1, -0.05) is 13.8 Å². The Hall–Kier alpha value is -1.53. The number of fused-ring (bicyclic) bond motifs is 7. The highest BCUT2D eigenvalue weighted by Crippen LogP contribution is 2.67. The first-order valence-electron chi connectivity index (χ1n) is 12.0. The topological polar surface area (TPSA) is 81.8 Å². The van der Waals surface area contributed by atoms with Gasteiger partial charge in [0, 0.05) is 5.69 Å². The maximum Gasteiger partial charge on any atom is 0.261 e. The largest absolute Gasteiger partial charge is 0.390 e. The smallest absolute Gasteiger partial charge is 0.261 e. The van der Waals surface area contributed by atoms with Crippen LogP contribution >= 0.6 is 12.2 Å². The van der Waals surface area contributed by atoms with Crippen molar-refractivity contribution < 1.29 is 5.11 Å². The number of pyridine rings is 1. The molecule has 0 spiro atoms. The fourth-order valence-corrected chi connectivity index (χ4v) is 8.72. The predicted molar refractivity (Wildman–Crippen MR) is 123 cm³/mol. The van der Waals surface area contributed by atoms with Gasteiger partial charge in [0.05, 0.1) is 11.0 Å². The van der Waals surface area contributed by atoms with Gasteiger partial charge in [-0.2, -0.15) is 0 Å². The lowest BCUT2D eigenvalue weighted by molar-refractivity contribution is -0.139. The number of hydrogen-bond donors (Lipinski definition) is 3. The molecule has 6 rings (SSSR count). The highest BCUT2D eigenvalue weighted by Gasteiger charge is 2.63. The highest BCUT2D eigenvalue weighted by atomic mass is 32.1. The normalized spacial score (nSPS) is 43.7. The Morgan fingerprint density at radius 1 is 1.10 bits per heavy atom. The van der Waals surface area contributed by atoms with Crippen LogP contribution in [0.15, 0.2) is 10.9 Å². The molecule has 4 aliphatic carbocycles. The summed E-state index contributed by atoms with van der Waals surface area (Å²) in [5.41, 5.74) is 2.64. The summed E-state index contributed by atoms with van der Waals surface area (Å²) in [6.45, 7) is 6.95. The monoisotopic (exact) mass is 439 g/mol. The number of nitrogens with zero attached hydrogens (tertiary/aromatic N) is 1. The molecule has 0 amide bonds. The van der Waals surface area contributed by atoms with Crippen LogP contribution in [0.1, 0.15) is 70.6 Å². The molecule has 31 heavy (non-hydrogen) atoms. The Morgan fingerprint density at radius 2 is 1.87 bits per heavy atom. The SMILES string of the molecule is C[C@]1(O)CCC2C3CC[C@H]4Cc5nc6[nH]c(=S)[nH]c(=O)c6cc5C[C@]4(C)C3CC[C@@]21C. The van der Waals surface area contributed by atoms with Crippen LogP contribution in [0.25, 0.3) is 11.0 Å². The molecular weight excluding hydrogens is 406 g/mol. The lowest BCUT2D eigenvalue weighted by Crippen LogP contribution is -2.56. The minimum Gasteiger partial charge on any atom is -0.390 e. The number of aliphatic hydroxyl groups is 1. The molecule has 6 heteroatoms. The van der Waals surface area contributed by atoms with Crippen molar-refractivity contribution in [2.45, 2.75) is 77.7 Å². The van der Waals surface area contributed by atoms with Crippen molar-refractivity contribution in [1.82, 2.24) is 15.0 Å². The summed E-state index contributed by atoms with van der Waals surface area (Å²) in [5.74, 6) is 2.69. The molecule has 3 unspecified atom stereocenters. The van der Waals surface area contributed by atoms with Crippen molar-refractivity contribution in [3.8, 4) is 0 Å². The van der Waals surface area contributed by atoms with Gasteiger partial charge >= 0.3 is 0 Å². The van der Waals surface area contributed by atoms with Gasteiger partial charge in [-0.25, -0.2) is 4.98 Å². The van der Waals surface area contributed by atoms with E-state index in [-0.39, 0.29) is 16.4 Å². The lowest BCUT2D eigenvalue weighted by atomic mass is 9.44. The Bertz CT molecular complexity index is 1200. The zero-order valence-corrected chi connectivity index (χ0v) is 19.6. The van der Waals surface area contributed by atoms with E-state index in [4.69, 9.17) is 17.2 Å². The summed E-state index contributed by atoms with van der Waals surface area (Å²) in [6, 6.07) is 2.07. The summed E-state index contributed by atoms with van der Waals surface area (Å²) in [7, 11) is 0. The molecular formula is C25H33N3O2S. The molecule has 3 N–H and O–H groups in total. The average molecular weight is 440 g/mol. The van der Waals surface area contributed by atoms with E-state index in [1.54, 1.807) is 0 Å². The van der Waals surface area contributed by atoms with E-state index in [2.05, 4.69) is 36.8 Å². The average Bonchev–Trinajstić information content (AvgIpc) is 2.94. The Labute approximate surface area is 188 Å². The van der Waals surface area contributed by atoms with E-state index in [9.17, 15) is 9.90 Å². The van der Waals surface area contributed by atoms with Crippen molar-refractivity contribution in [3.63, 3.8) is 0 Å². The van der Waals surface area contributed by atoms with E-state index in [0.29, 0.717) is 39.5 Å². The molecule has 0 bridgehead atoms. The predicted octanol–water partition coefficient (Wildman–Crippen LogP) is 4.69. The van der Waals surface area contributed by atoms with E-state index in [0.717, 1.165) is 31.4 Å². The third kappa shape index (κ3) is 2.61. The molecule has 0 aliphatic heterocycles. The van der Waals surface area contributed by atoms with Crippen LogP contribution in [0.5, 0.6) is 0 Å². The van der Waals surface area contributed by atoms with Gasteiger partial charge in [0.2, 0.25) is 0 Å². The highest BCUT2D eigenvalue weighted by molar-refractivity contribution is 7.71. The molecule has 2 aromatic rings. The van der Waals surface area contributed by atoms with Crippen LogP contribution in [0.2, 0.25) is 0 Å². The van der Waals surface area contributed by atoms with E-state index >= 15 is 0 Å². The molecule has 2 aromatic heterocycles.